The van der Waals surface area contributed by atoms with Gasteiger partial charge in [-0.3, -0.25) is 0 Å². The Morgan fingerprint density at radius 3 is 2.58 bits per heavy atom. The molecular formula is C13H18BrNO3S. The fraction of sp³-hybridized carbons (Fsp3) is 0.538. The average Bonchev–Trinajstić information content (AvgIpc) is 2.89. The number of hydrogen-bond donors (Lipinski definition) is 0. The van der Waals surface area contributed by atoms with Crippen LogP contribution in [0, 0.1) is 0 Å². The lowest BCUT2D eigenvalue weighted by Crippen LogP contribution is -2.37. The van der Waals surface area contributed by atoms with E-state index in [2.05, 4.69) is 15.9 Å². The zero-order valence-corrected chi connectivity index (χ0v) is 13.3. The van der Waals surface area contributed by atoms with Crippen molar-refractivity contribution in [1.82, 2.24) is 4.31 Å². The van der Waals surface area contributed by atoms with Gasteiger partial charge in [-0.15, -0.1) is 0 Å². The summed E-state index contributed by atoms with van der Waals surface area (Å²) >= 11 is 3.31. The number of likely N-dealkylation sites (N-methyl/N-ethyl adjacent to an activating group) is 1. The molecule has 1 fully saturated rings. The fourth-order valence-electron chi connectivity index (χ4n) is 2.17. The lowest BCUT2D eigenvalue weighted by atomic mass is 10.2. The highest BCUT2D eigenvalue weighted by atomic mass is 79.9. The van der Waals surface area contributed by atoms with Crippen LogP contribution in [0.4, 0.5) is 0 Å². The van der Waals surface area contributed by atoms with Gasteiger partial charge in [0.25, 0.3) is 0 Å². The zero-order chi connectivity index (χ0) is 13.9. The van der Waals surface area contributed by atoms with Gasteiger partial charge in [-0.05, 0) is 37.1 Å². The third-order valence-electron chi connectivity index (χ3n) is 3.24. The molecule has 1 aromatic carbocycles. The van der Waals surface area contributed by atoms with Crippen LogP contribution in [0.3, 0.4) is 0 Å². The van der Waals surface area contributed by atoms with Gasteiger partial charge in [-0.2, -0.15) is 4.31 Å². The van der Waals surface area contributed by atoms with Crippen LogP contribution in [0.25, 0.3) is 0 Å². The monoisotopic (exact) mass is 347 g/mol. The largest absolute Gasteiger partial charge is 0.377 e. The first-order valence-corrected chi connectivity index (χ1v) is 8.64. The van der Waals surface area contributed by atoms with Gasteiger partial charge in [0.05, 0.1) is 11.0 Å². The van der Waals surface area contributed by atoms with Gasteiger partial charge < -0.3 is 4.74 Å². The Kier molecular flexibility index (Phi) is 5.00. The van der Waals surface area contributed by atoms with Crippen LogP contribution < -0.4 is 0 Å². The highest BCUT2D eigenvalue weighted by Gasteiger charge is 2.27. The molecule has 0 aromatic heterocycles. The minimum atomic E-state index is -3.42. The second-order valence-corrected chi connectivity index (χ2v) is 7.40. The van der Waals surface area contributed by atoms with E-state index in [4.69, 9.17) is 4.74 Å². The topological polar surface area (TPSA) is 46.6 Å². The Morgan fingerprint density at radius 1 is 1.37 bits per heavy atom. The highest BCUT2D eigenvalue weighted by Crippen LogP contribution is 2.21. The first-order chi connectivity index (χ1) is 9.04. The standard InChI is InChI=1S/C13H18BrNO3S/c1-2-15(10-12-4-3-9-18-12)19(16,17)13-7-5-11(14)6-8-13/h5-8,12H,2-4,9-10H2,1H3. The van der Waals surface area contributed by atoms with Crippen LogP contribution in [0.1, 0.15) is 19.8 Å². The van der Waals surface area contributed by atoms with Crippen LogP contribution in [0.15, 0.2) is 33.6 Å². The molecule has 0 amide bonds. The van der Waals surface area contributed by atoms with Crippen molar-refractivity contribution in [2.24, 2.45) is 0 Å². The average molecular weight is 348 g/mol. The Balaban J connectivity index is 2.17. The molecule has 4 nitrogen and oxygen atoms in total. The van der Waals surface area contributed by atoms with E-state index in [1.807, 2.05) is 6.92 Å². The number of ether oxygens (including phenoxy) is 1. The van der Waals surface area contributed by atoms with Crippen LogP contribution in [-0.4, -0.2) is 38.5 Å². The molecule has 6 heteroatoms. The minimum absolute atomic E-state index is 0.0326. The SMILES string of the molecule is CCN(CC1CCCO1)S(=O)(=O)c1ccc(Br)cc1. The molecule has 1 heterocycles. The molecular weight excluding hydrogens is 330 g/mol. The van der Waals surface area contributed by atoms with E-state index in [-0.39, 0.29) is 6.10 Å². The summed E-state index contributed by atoms with van der Waals surface area (Å²) in [5.41, 5.74) is 0. The normalized spacial score (nSPS) is 20.1. The van der Waals surface area contributed by atoms with Gasteiger partial charge in [0.15, 0.2) is 0 Å². The Morgan fingerprint density at radius 2 is 2.05 bits per heavy atom. The molecule has 1 aliphatic rings. The third kappa shape index (κ3) is 3.56. The number of nitrogens with zero attached hydrogens (tertiary/aromatic N) is 1. The molecule has 19 heavy (non-hydrogen) atoms. The van der Waals surface area contributed by atoms with Crippen LogP contribution >= 0.6 is 15.9 Å². The molecule has 2 rings (SSSR count). The first kappa shape index (κ1) is 15.0. The summed E-state index contributed by atoms with van der Waals surface area (Å²) < 4.78 is 32.9. The molecule has 1 aliphatic heterocycles. The summed E-state index contributed by atoms with van der Waals surface area (Å²) in [5, 5.41) is 0. The van der Waals surface area contributed by atoms with Crippen LogP contribution in [-0.2, 0) is 14.8 Å². The maximum absolute atomic E-state index is 12.5. The summed E-state index contributed by atoms with van der Waals surface area (Å²) in [5.74, 6) is 0. The highest BCUT2D eigenvalue weighted by molar-refractivity contribution is 9.10. The minimum Gasteiger partial charge on any atom is -0.377 e. The Hall–Kier alpha value is -0.430. The molecule has 0 bridgehead atoms. The van der Waals surface area contributed by atoms with E-state index in [0.717, 1.165) is 23.9 Å². The quantitative estimate of drug-likeness (QED) is 0.822. The smallest absolute Gasteiger partial charge is 0.243 e. The molecule has 0 aliphatic carbocycles. The van der Waals surface area contributed by atoms with Crippen molar-refractivity contribution in [3.63, 3.8) is 0 Å². The summed E-state index contributed by atoms with van der Waals surface area (Å²) in [6.07, 6.45) is 1.98. The number of hydrogen-bond acceptors (Lipinski definition) is 3. The van der Waals surface area contributed by atoms with Gasteiger partial charge in [-0.1, -0.05) is 22.9 Å². The molecule has 1 unspecified atom stereocenters. The second-order valence-electron chi connectivity index (χ2n) is 4.54. The van der Waals surface area contributed by atoms with Gasteiger partial charge >= 0.3 is 0 Å². The van der Waals surface area contributed by atoms with E-state index in [9.17, 15) is 8.42 Å². The second kappa shape index (κ2) is 6.35. The number of sulfonamides is 1. The number of rotatable bonds is 5. The van der Waals surface area contributed by atoms with Gasteiger partial charge in [0.1, 0.15) is 0 Å². The summed E-state index contributed by atoms with van der Waals surface area (Å²) in [4.78, 5) is 0.329. The molecule has 1 aromatic rings. The van der Waals surface area contributed by atoms with E-state index >= 15 is 0 Å². The molecule has 0 N–H and O–H groups in total. The zero-order valence-electron chi connectivity index (χ0n) is 10.9. The van der Waals surface area contributed by atoms with Crippen molar-refractivity contribution < 1.29 is 13.2 Å². The summed E-state index contributed by atoms with van der Waals surface area (Å²) in [6.45, 7) is 3.49. The van der Waals surface area contributed by atoms with Crippen molar-refractivity contribution in [3.05, 3.63) is 28.7 Å². The van der Waals surface area contributed by atoms with Crippen molar-refractivity contribution in [1.29, 1.82) is 0 Å². The maximum Gasteiger partial charge on any atom is 0.243 e. The van der Waals surface area contributed by atoms with E-state index in [1.165, 1.54) is 4.31 Å². The molecule has 0 saturated carbocycles. The van der Waals surface area contributed by atoms with E-state index < -0.39 is 10.0 Å². The van der Waals surface area contributed by atoms with Crippen LogP contribution in [0.2, 0.25) is 0 Å². The molecule has 0 radical (unpaired) electrons. The fourth-order valence-corrected chi connectivity index (χ4v) is 3.91. The molecule has 106 valence electrons. The number of benzene rings is 1. The Labute approximate surface area is 122 Å². The van der Waals surface area contributed by atoms with Crippen molar-refractivity contribution in [3.8, 4) is 0 Å². The lowest BCUT2D eigenvalue weighted by molar-refractivity contribution is 0.0947. The summed E-state index contributed by atoms with van der Waals surface area (Å²) in [6, 6.07) is 6.73. The molecule has 1 saturated heterocycles. The maximum atomic E-state index is 12.5. The van der Waals surface area contributed by atoms with Gasteiger partial charge in [0, 0.05) is 24.2 Å². The molecule has 1 atom stereocenters. The van der Waals surface area contributed by atoms with Crippen molar-refractivity contribution in [2.75, 3.05) is 19.7 Å². The van der Waals surface area contributed by atoms with Gasteiger partial charge in [-0.25, -0.2) is 8.42 Å². The first-order valence-electron chi connectivity index (χ1n) is 6.41. The molecule has 0 spiro atoms. The van der Waals surface area contributed by atoms with Crippen molar-refractivity contribution in [2.45, 2.75) is 30.8 Å². The van der Waals surface area contributed by atoms with Crippen molar-refractivity contribution >= 4 is 26.0 Å². The third-order valence-corrected chi connectivity index (χ3v) is 5.72. The number of halogens is 1. The predicted octanol–water partition coefficient (Wildman–Crippen LogP) is 2.64. The summed E-state index contributed by atoms with van der Waals surface area (Å²) in [7, 11) is -3.42. The lowest BCUT2D eigenvalue weighted by Gasteiger charge is -2.23. The Bertz CT molecular complexity index is 509. The van der Waals surface area contributed by atoms with Crippen LogP contribution in [0.5, 0.6) is 0 Å². The van der Waals surface area contributed by atoms with E-state index in [1.54, 1.807) is 24.3 Å². The van der Waals surface area contributed by atoms with Gasteiger partial charge in [0.2, 0.25) is 10.0 Å². The predicted molar refractivity (Wildman–Crippen MR) is 77.5 cm³/mol. The van der Waals surface area contributed by atoms with E-state index in [0.29, 0.717) is 18.0 Å².